The highest BCUT2D eigenvalue weighted by Crippen LogP contribution is 2.40. The molecule has 0 bridgehead atoms. The van der Waals surface area contributed by atoms with E-state index in [0.717, 1.165) is 50.0 Å². The Bertz CT molecular complexity index is 1190. The molecular weight excluding hydrogens is 605 g/mol. The SMILES string of the molecule is CCC(=O)N[C@H](C(=O)OC)[C@@](CSC)(OC1CC1)c1ccccc1.O=C(Cc1c[nH]cn1)N1CCCC1.O=C(O)C(F)(F)F. The Morgan fingerprint density at radius 2 is 1.77 bits per heavy atom. The van der Waals surface area contributed by atoms with Crippen molar-refractivity contribution in [1.29, 1.82) is 0 Å². The van der Waals surface area contributed by atoms with Gasteiger partial charge in [-0.25, -0.2) is 14.6 Å². The Morgan fingerprint density at radius 3 is 2.23 bits per heavy atom. The quantitative estimate of drug-likeness (QED) is 0.311. The number of hydrogen-bond acceptors (Lipinski definition) is 8. The molecular formula is C29H39F3N4O7S. The summed E-state index contributed by atoms with van der Waals surface area (Å²) >= 11 is 1.58. The number of amides is 2. The summed E-state index contributed by atoms with van der Waals surface area (Å²) < 4.78 is 43.1. The number of imidazole rings is 1. The molecule has 2 heterocycles. The number of aromatic amines is 1. The number of carboxylic acid groups (broad SMARTS) is 1. The normalized spacial score (nSPS) is 16.3. The zero-order valence-electron chi connectivity index (χ0n) is 24.9. The van der Waals surface area contributed by atoms with Gasteiger partial charge in [-0.05, 0) is 37.5 Å². The van der Waals surface area contributed by atoms with Crippen molar-refractivity contribution in [2.45, 2.75) is 69.4 Å². The third-order valence-electron chi connectivity index (χ3n) is 6.64. The van der Waals surface area contributed by atoms with Crippen LogP contribution < -0.4 is 5.32 Å². The topological polar surface area (TPSA) is 151 Å². The van der Waals surface area contributed by atoms with Crippen molar-refractivity contribution in [3.8, 4) is 0 Å². The highest BCUT2D eigenvalue weighted by Gasteiger charge is 2.50. The van der Waals surface area contributed by atoms with Crippen LogP contribution in [0.2, 0.25) is 0 Å². The van der Waals surface area contributed by atoms with Crippen LogP contribution in [0.4, 0.5) is 13.2 Å². The van der Waals surface area contributed by atoms with E-state index in [0.29, 0.717) is 18.6 Å². The molecule has 2 atom stereocenters. The van der Waals surface area contributed by atoms with Crippen molar-refractivity contribution in [3.63, 3.8) is 0 Å². The van der Waals surface area contributed by atoms with Crippen LogP contribution in [0.25, 0.3) is 0 Å². The Morgan fingerprint density at radius 1 is 1.16 bits per heavy atom. The predicted octanol–water partition coefficient (Wildman–Crippen LogP) is 3.70. The number of nitrogens with one attached hydrogen (secondary N) is 2. The van der Waals surface area contributed by atoms with Gasteiger partial charge in [0, 0.05) is 31.5 Å². The van der Waals surface area contributed by atoms with Crippen LogP contribution >= 0.6 is 11.8 Å². The van der Waals surface area contributed by atoms with E-state index in [-0.39, 0.29) is 17.9 Å². The third kappa shape index (κ3) is 11.5. The summed E-state index contributed by atoms with van der Waals surface area (Å²) in [6.07, 6.45) is 5.33. The van der Waals surface area contributed by atoms with E-state index < -0.39 is 29.8 Å². The van der Waals surface area contributed by atoms with E-state index in [1.54, 1.807) is 31.2 Å². The highest BCUT2D eigenvalue weighted by atomic mass is 32.2. The number of likely N-dealkylation sites (tertiary alicyclic amines) is 1. The van der Waals surface area contributed by atoms with E-state index in [2.05, 4.69) is 15.3 Å². The molecule has 1 aromatic carbocycles. The number of halogens is 3. The van der Waals surface area contributed by atoms with Crippen molar-refractivity contribution in [2.75, 3.05) is 32.2 Å². The summed E-state index contributed by atoms with van der Waals surface area (Å²) in [6.45, 7) is 3.59. The molecule has 2 amide bonds. The van der Waals surface area contributed by atoms with Crippen LogP contribution in [-0.2, 0) is 40.7 Å². The monoisotopic (exact) mass is 644 g/mol. The molecule has 1 aliphatic carbocycles. The van der Waals surface area contributed by atoms with E-state index in [1.165, 1.54) is 7.11 Å². The molecule has 1 aromatic heterocycles. The number of rotatable bonds is 11. The number of esters is 1. The van der Waals surface area contributed by atoms with Gasteiger partial charge in [-0.15, -0.1) is 0 Å². The van der Waals surface area contributed by atoms with Gasteiger partial charge in [0.05, 0.1) is 31.7 Å². The molecule has 11 nitrogen and oxygen atoms in total. The number of thioether (sulfide) groups is 1. The fourth-order valence-electron chi connectivity index (χ4n) is 4.29. The highest BCUT2D eigenvalue weighted by molar-refractivity contribution is 7.98. The summed E-state index contributed by atoms with van der Waals surface area (Å²) in [5.74, 6) is -2.71. The van der Waals surface area contributed by atoms with Crippen molar-refractivity contribution in [1.82, 2.24) is 20.2 Å². The first-order valence-corrected chi connectivity index (χ1v) is 15.4. The smallest absolute Gasteiger partial charge is 0.475 e. The van der Waals surface area contributed by atoms with Gasteiger partial charge in [0.2, 0.25) is 11.8 Å². The van der Waals surface area contributed by atoms with Crippen LogP contribution in [0.5, 0.6) is 0 Å². The van der Waals surface area contributed by atoms with Crippen LogP contribution in [-0.4, -0.2) is 94.3 Å². The minimum absolute atomic E-state index is 0.114. The molecule has 1 saturated heterocycles. The van der Waals surface area contributed by atoms with Crippen molar-refractivity contribution < 1.29 is 46.9 Å². The van der Waals surface area contributed by atoms with Gasteiger partial charge in [0.25, 0.3) is 0 Å². The summed E-state index contributed by atoms with van der Waals surface area (Å²) in [5.41, 5.74) is 0.759. The Balaban J connectivity index is 0.000000280. The van der Waals surface area contributed by atoms with E-state index >= 15 is 0 Å². The average Bonchev–Trinajstić information content (AvgIpc) is 3.39. The zero-order chi connectivity index (χ0) is 32.8. The maximum Gasteiger partial charge on any atom is 0.490 e. The van der Waals surface area contributed by atoms with Crippen LogP contribution in [0.15, 0.2) is 42.9 Å². The number of carboxylic acids is 1. The average molecular weight is 645 g/mol. The molecule has 2 aromatic rings. The van der Waals surface area contributed by atoms with Crippen molar-refractivity contribution in [3.05, 3.63) is 54.1 Å². The largest absolute Gasteiger partial charge is 0.490 e. The molecule has 0 spiro atoms. The molecule has 0 radical (unpaired) electrons. The second kappa shape index (κ2) is 17.6. The van der Waals surface area contributed by atoms with Gasteiger partial charge in [0.1, 0.15) is 5.60 Å². The minimum atomic E-state index is -5.08. The number of carbonyl (C=O) groups excluding carboxylic acids is 3. The standard InChI is InChI=1S/C18H25NO4S.C9H13N3O.C2HF3O2/c1-4-15(20)19-16(17(21)22-2)18(12-24-3,23-14-10-11-14)13-8-6-5-7-9-13;13-9(12-3-1-2-4-12)5-8-6-10-7-11-8;3-2(4,5)1(6)7/h5-9,14,16H,4,10-12H2,1-3H3,(H,19,20);6-7H,1-5H2,(H,10,11);(H,6,7)/t16-,18+;;/m1../s1. The number of alkyl halides is 3. The van der Waals surface area contributed by atoms with Crippen LogP contribution in [0.3, 0.4) is 0 Å². The van der Waals surface area contributed by atoms with Gasteiger partial charge in [-0.2, -0.15) is 24.9 Å². The molecule has 4 rings (SSSR count). The van der Waals surface area contributed by atoms with Crippen molar-refractivity contribution >= 4 is 35.5 Å². The Kier molecular flexibility index (Phi) is 14.7. The number of methoxy groups -OCH3 is 1. The van der Waals surface area contributed by atoms with E-state index in [4.69, 9.17) is 19.4 Å². The molecule has 2 fully saturated rings. The summed E-state index contributed by atoms with van der Waals surface area (Å²) in [5, 5.41) is 9.95. The van der Waals surface area contributed by atoms with Gasteiger partial charge in [0.15, 0.2) is 6.04 Å². The van der Waals surface area contributed by atoms with Gasteiger partial charge >= 0.3 is 18.1 Å². The maximum absolute atomic E-state index is 12.5. The second-order valence-corrected chi connectivity index (χ2v) is 10.9. The summed E-state index contributed by atoms with van der Waals surface area (Å²) in [4.78, 5) is 53.8. The van der Waals surface area contributed by atoms with Gasteiger partial charge < -0.3 is 29.8 Å². The first-order valence-electron chi connectivity index (χ1n) is 14.0. The van der Waals surface area contributed by atoms with Gasteiger partial charge in [-0.3, -0.25) is 9.59 Å². The fourth-order valence-corrected chi connectivity index (χ4v) is 5.12. The molecule has 0 unspecified atom stereocenters. The van der Waals surface area contributed by atoms with Crippen molar-refractivity contribution in [2.24, 2.45) is 0 Å². The lowest BCUT2D eigenvalue weighted by atomic mass is 9.87. The summed E-state index contributed by atoms with van der Waals surface area (Å²) in [7, 11) is 1.33. The molecule has 44 heavy (non-hydrogen) atoms. The van der Waals surface area contributed by atoms with Crippen LogP contribution in [0, 0.1) is 0 Å². The first kappa shape index (κ1) is 36.6. The van der Waals surface area contributed by atoms with E-state index in [9.17, 15) is 27.6 Å². The predicted molar refractivity (Wildman–Crippen MR) is 157 cm³/mol. The fraction of sp³-hybridized carbons (Fsp3) is 0.552. The number of aromatic nitrogens is 2. The number of aliphatic carboxylic acids is 1. The third-order valence-corrected chi connectivity index (χ3v) is 7.36. The summed E-state index contributed by atoms with van der Waals surface area (Å²) in [6, 6.07) is 8.74. The molecule has 2 aliphatic rings. The Hall–Kier alpha value is -3.59. The first-order chi connectivity index (χ1) is 20.9. The second-order valence-electron chi connectivity index (χ2n) is 10.0. The number of hydrogen-bond donors (Lipinski definition) is 3. The number of benzene rings is 1. The lowest BCUT2D eigenvalue weighted by Gasteiger charge is -2.39. The lowest BCUT2D eigenvalue weighted by molar-refractivity contribution is -0.192. The molecule has 1 saturated carbocycles. The zero-order valence-corrected chi connectivity index (χ0v) is 25.7. The number of ether oxygens (including phenoxy) is 2. The van der Waals surface area contributed by atoms with Crippen LogP contribution in [0.1, 0.15) is 50.3 Å². The minimum Gasteiger partial charge on any atom is -0.475 e. The molecule has 15 heteroatoms. The number of nitrogens with zero attached hydrogens (tertiary/aromatic N) is 2. The maximum atomic E-state index is 12.5. The molecule has 3 N–H and O–H groups in total. The number of H-pyrrole nitrogens is 1. The molecule has 244 valence electrons. The Labute approximate surface area is 258 Å². The van der Waals surface area contributed by atoms with Gasteiger partial charge in [-0.1, -0.05) is 37.3 Å². The molecule has 1 aliphatic heterocycles. The van der Waals surface area contributed by atoms with E-state index in [1.807, 2.05) is 41.5 Å². The number of carbonyl (C=O) groups is 4. The lowest BCUT2D eigenvalue weighted by Crippen LogP contribution is -2.58.